The molecule has 6 heterocycles. The molecule has 142 heavy (non-hydrogen) atoms. The Balaban J connectivity index is 0.000000101. The number of hydrogen-bond donors (Lipinski definition) is 0. The van der Waals surface area contributed by atoms with Crippen molar-refractivity contribution in [3.8, 4) is 106 Å². The summed E-state index contributed by atoms with van der Waals surface area (Å²) in [7, 11) is 0. The highest BCUT2D eigenvalue weighted by Gasteiger charge is 2.60. The maximum atomic E-state index is 5.16. The van der Waals surface area contributed by atoms with Gasteiger partial charge in [-0.2, -0.15) is 0 Å². The highest BCUT2D eigenvalue weighted by atomic mass is 32.2. The Morgan fingerprint density at radius 3 is 0.676 bits per heavy atom. The molecule has 0 N–H and O–H groups in total. The van der Waals surface area contributed by atoms with E-state index in [2.05, 4.69) is 477 Å². The molecule has 668 valence electrons. The Kier molecular flexibility index (Phi) is 17.8. The summed E-state index contributed by atoms with van der Waals surface area (Å²) >= 11 is 5.58. The molecule has 0 amide bonds. The van der Waals surface area contributed by atoms with Gasteiger partial charge in [-0.25, -0.2) is 15.0 Å². The minimum atomic E-state index is -0.528. The van der Waals surface area contributed by atoms with E-state index in [1.165, 1.54) is 241 Å². The van der Waals surface area contributed by atoms with Crippen LogP contribution in [0.25, 0.3) is 139 Å². The average molecular weight is 1870 g/mol. The minimum absolute atomic E-state index is 0.345. The Labute approximate surface area is 836 Å². The zero-order valence-electron chi connectivity index (χ0n) is 78.2. The molecule has 0 unspecified atom stereocenters. The van der Waals surface area contributed by atoms with Crippen molar-refractivity contribution in [2.75, 3.05) is 0 Å². The van der Waals surface area contributed by atoms with Crippen molar-refractivity contribution in [1.29, 1.82) is 0 Å². The molecule has 0 fully saturated rings. The normalized spacial score (nSPS) is 14.5. The lowest BCUT2D eigenvalue weighted by Gasteiger charge is -2.48. The number of aryl methyl sites for hydroxylation is 3. The van der Waals surface area contributed by atoms with E-state index in [-0.39, 0.29) is 5.41 Å². The summed E-state index contributed by atoms with van der Waals surface area (Å²) in [4.78, 5) is 22.9. The maximum Gasteiger partial charge on any atom is 0.114 e. The van der Waals surface area contributed by atoms with Crippen LogP contribution in [-0.4, -0.2) is 28.7 Å². The van der Waals surface area contributed by atoms with E-state index in [0.717, 1.165) is 53.3 Å². The molecular formula is C133H88N6S3. The topological polar surface area (TPSA) is 53.5 Å². The third-order valence-electron chi connectivity index (χ3n) is 32.3. The summed E-state index contributed by atoms with van der Waals surface area (Å²) < 4.78 is 7.31. The van der Waals surface area contributed by atoms with Crippen LogP contribution in [0.5, 0.6) is 0 Å². The van der Waals surface area contributed by atoms with Gasteiger partial charge in [0.05, 0.1) is 71.8 Å². The second-order valence-corrected chi connectivity index (χ2v) is 42.0. The van der Waals surface area contributed by atoms with Gasteiger partial charge in [-0.05, 0) is 234 Å². The lowest BCUT2D eigenvalue weighted by Crippen LogP contribution is -2.43. The quantitative estimate of drug-likeness (QED) is 0.151. The van der Waals surface area contributed by atoms with Gasteiger partial charge in [0.25, 0.3) is 0 Å². The zero-order chi connectivity index (χ0) is 93.6. The van der Waals surface area contributed by atoms with Gasteiger partial charge in [-0.1, -0.05) is 426 Å². The van der Waals surface area contributed by atoms with Crippen LogP contribution in [0.15, 0.2) is 472 Å². The van der Waals surface area contributed by atoms with Gasteiger partial charge in [0.1, 0.15) is 17.5 Å². The van der Waals surface area contributed by atoms with Crippen molar-refractivity contribution >= 4 is 68.4 Å². The molecule has 6 aliphatic carbocycles. The van der Waals surface area contributed by atoms with Crippen LogP contribution in [0.2, 0.25) is 0 Å². The number of hydrogen-bond acceptors (Lipinski definition) is 6. The van der Waals surface area contributed by atoms with Crippen LogP contribution in [0.3, 0.4) is 0 Å². The summed E-state index contributed by atoms with van der Waals surface area (Å²) in [5.74, 6) is 3.32. The highest BCUT2D eigenvalue weighted by Crippen LogP contribution is 2.70. The van der Waals surface area contributed by atoms with Crippen molar-refractivity contribution in [3.05, 3.63) is 549 Å². The van der Waals surface area contributed by atoms with Gasteiger partial charge in [-0.15, -0.1) is 0 Å². The van der Waals surface area contributed by atoms with E-state index >= 15 is 0 Å². The van der Waals surface area contributed by atoms with Crippen LogP contribution >= 0.6 is 35.3 Å². The van der Waals surface area contributed by atoms with Gasteiger partial charge in [0.15, 0.2) is 0 Å². The number of imidazole rings is 3. The van der Waals surface area contributed by atoms with Gasteiger partial charge < -0.3 is 0 Å². The summed E-state index contributed by atoms with van der Waals surface area (Å²) in [6.45, 7) is 6.63. The van der Waals surface area contributed by atoms with Crippen LogP contribution < -0.4 is 0 Å². The van der Waals surface area contributed by atoms with Crippen LogP contribution in [0.1, 0.15) is 127 Å². The summed E-state index contributed by atoms with van der Waals surface area (Å²) in [6.07, 6.45) is 2.61. The molecule has 6 nitrogen and oxygen atoms in total. The molecule has 9 aliphatic rings. The number of fused-ring (bicyclic) bond motifs is 35. The number of para-hydroxylation sites is 6. The summed E-state index contributed by atoms with van der Waals surface area (Å²) in [5, 5.41) is 0. The molecule has 0 saturated carbocycles. The van der Waals surface area contributed by atoms with Crippen LogP contribution in [0, 0.1) is 0 Å². The van der Waals surface area contributed by atoms with Gasteiger partial charge >= 0.3 is 0 Å². The van der Waals surface area contributed by atoms with Gasteiger partial charge in [-0.3, -0.25) is 13.7 Å². The molecule has 3 spiro atoms. The molecule has 32 rings (SSSR count). The van der Waals surface area contributed by atoms with E-state index < -0.39 is 16.2 Å². The first-order valence-corrected chi connectivity index (χ1v) is 52.2. The third-order valence-corrected chi connectivity index (χ3v) is 35.6. The molecule has 0 saturated heterocycles. The van der Waals surface area contributed by atoms with E-state index in [1.807, 2.05) is 35.3 Å². The highest BCUT2D eigenvalue weighted by molar-refractivity contribution is 8.00. The molecule has 23 aromatic rings. The fourth-order valence-electron chi connectivity index (χ4n) is 27.0. The van der Waals surface area contributed by atoms with Crippen molar-refractivity contribution < 1.29 is 0 Å². The molecule has 20 aromatic carbocycles. The van der Waals surface area contributed by atoms with Gasteiger partial charge in [0, 0.05) is 65.3 Å². The summed E-state index contributed by atoms with van der Waals surface area (Å²) in [5.41, 5.74) is 51.1. The average Bonchev–Trinajstić information content (AvgIpc) is 1.46. The second kappa shape index (κ2) is 30.9. The molecular weight excluding hydrogens is 1780 g/mol. The van der Waals surface area contributed by atoms with E-state index in [0.29, 0.717) is 0 Å². The standard InChI is InChI=1S/C53H34N2S.C40H26N2S.C40H28N2S/c1-2-49-54-46-26-14-28-48-51(46)55(49)50-33(18-13-27-47(50)56-48)32-29-30-37-36-17-5-8-21-40(36)53(45(37)31-32)43-24-11-9-22-41(43)52(42-23-10-12-25-44(42)53)38-19-6-3-15-34(38)35-16-4-7-20-39(35)52;1-2-37-41-34-18-10-20-36-39(34)42(37)38-25(14-9-19-35(38)43-36)24-21-22-29-28-13-5-8-17-32(28)40(33(29)23-24)30-15-6-3-11-26(30)27-12-4-7-16-31(27)40;1-2-37-41-34-20-12-22-36-39(34)42(37)38-29(18-11-21-35(38)43-36)26-23-24-31-30-17-9-10-19-32(30)40(33(31)25-26,27-13-5-3-6-14-27)28-15-7-4-8-16-28/h3-31H,2H2,1H3;3-23H,2H2,1H3;3-25H,2H2,1H3. The lowest BCUT2D eigenvalue weighted by molar-refractivity contribution is 0.633. The smallest absolute Gasteiger partial charge is 0.114 e. The first kappa shape index (κ1) is 81.8. The van der Waals surface area contributed by atoms with E-state index in [9.17, 15) is 0 Å². The minimum Gasteiger partial charge on any atom is -0.293 e. The molecule has 0 bridgehead atoms. The maximum absolute atomic E-state index is 5.16. The van der Waals surface area contributed by atoms with Crippen molar-refractivity contribution in [1.82, 2.24) is 28.7 Å². The first-order chi connectivity index (χ1) is 70.3. The molecule has 3 aromatic heterocycles. The van der Waals surface area contributed by atoms with E-state index in [1.54, 1.807) is 0 Å². The fraction of sp³-hybridized carbons (Fsp3) is 0.0752. The van der Waals surface area contributed by atoms with Crippen molar-refractivity contribution in [2.45, 2.75) is 91.1 Å². The van der Waals surface area contributed by atoms with Gasteiger partial charge in [0.2, 0.25) is 0 Å². The van der Waals surface area contributed by atoms with Crippen molar-refractivity contribution in [2.24, 2.45) is 0 Å². The number of aromatic nitrogens is 6. The Morgan fingerprint density at radius 2 is 0.394 bits per heavy atom. The number of nitrogens with zero attached hydrogens (tertiary/aromatic N) is 6. The number of rotatable bonds is 8. The van der Waals surface area contributed by atoms with Crippen LogP contribution in [0.4, 0.5) is 0 Å². The molecule has 0 atom stereocenters. The van der Waals surface area contributed by atoms with Crippen molar-refractivity contribution in [3.63, 3.8) is 0 Å². The predicted molar refractivity (Wildman–Crippen MR) is 582 cm³/mol. The lowest BCUT2D eigenvalue weighted by atomic mass is 9.52. The molecule has 9 heteroatoms. The SMILES string of the molecule is CCc1nc2cccc3c2n1-c1c(cccc1-c1ccc2c(c1)C(c1ccccc1)(c1ccccc1)c1ccccc1-2)S3.CCc1nc2cccc3c2n1-c1c(cccc1-c1ccc2c(c1)C1(c4ccccc4-2)c2ccccc2C2(c4ccccc4-c4ccccc42)c2ccccc21)S3.CCc1nc2cccc3c2n1-c1c(cccc1-c1ccc2c(c1)C1(c4ccccc4-c4ccccc41)c1ccccc1-2)S3. The predicted octanol–water partition coefficient (Wildman–Crippen LogP) is 32.9. The molecule has 0 radical (unpaired) electrons. The number of benzene rings is 20. The zero-order valence-corrected chi connectivity index (χ0v) is 80.6. The molecule has 3 aliphatic heterocycles. The Hall–Kier alpha value is -16.1. The second-order valence-electron chi connectivity index (χ2n) is 38.7. The van der Waals surface area contributed by atoms with E-state index in [4.69, 9.17) is 15.0 Å². The Morgan fingerprint density at radius 1 is 0.183 bits per heavy atom. The first-order valence-electron chi connectivity index (χ1n) is 49.7. The van der Waals surface area contributed by atoms with Crippen LogP contribution in [-0.2, 0) is 40.9 Å². The fourth-order valence-corrected chi connectivity index (χ4v) is 30.3. The summed E-state index contributed by atoms with van der Waals surface area (Å²) in [6, 6.07) is 166. The monoisotopic (exact) mass is 1860 g/mol. The largest absolute Gasteiger partial charge is 0.293 e. The third kappa shape index (κ3) is 10.8. The Bertz CT molecular complexity index is 8950.